The van der Waals surface area contributed by atoms with E-state index in [0.717, 1.165) is 24.4 Å². The summed E-state index contributed by atoms with van der Waals surface area (Å²) >= 11 is 0. The smallest absolute Gasteiger partial charge is 0.0583 e. The molecule has 3 heteroatoms. The van der Waals surface area contributed by atoms with Crippen molar-refractivity contribution in [2.24, 2.45) is 11.8 Å². The Morgan fingerprint density at radius 3 is 2.53 bits per heavy atom. The van der Waals surface area contributed by atoms with Crippen molar-refractivity contribution >= 4 is 0 Å². The molecule has 2 aliphatic carbocycles. The number of aliphatic hydroxyl groups is 1. The van der Waals surface area contributed by atoms with Gasteiger partial charge in [-0.05, 0) is 57.4 Å². The number of nitrogens with one attached hydrogen (secondary N) is 1. The van der Waals surface area contributed by atoms with Crippen molar-refractivity contribution in [1.29, 1.82) is 0 Å². The minimum Gasteiger partial charge on any atom is -0.393 e. The van der Waals surface area contributed by atoms with Gasteiger partial charge in [0.1, 0.15) is 0 Å². The first-order valence-electron chi connectivity index (χ1n) is 8.43. The van der Waals surface area contributed by atoms with Crippen molar-refractivity contribution in [3.8, 4) is 0 Å². The number of rotatable bonds is 4. The molecule has 1 saturated heterocycles. The number of nitrogens with zero attached hydrogens (tertiary/aromatic N) is 1. The van der Waals surface area contributed by atoms with Gasteiger partial charge in [-0.1, -0.05) is 6.92 Å². The molecule has 2 N–H and O–H groups in total. The third kappa shape index (κ3) is 2.98. The van der Waals surface area contributed by atoms with Gasteiger partial charge >= 0.3 is 0 Å². The highest BCUT2D eigenvalue weighted by Gasteiger charge is 2.43. The molecular weight excluding hydrogens is 236 g/mol. The minimum atomic E-state index is -0.00226. The Labute approximate surface area is 117 Å². The summed E-state index contributed by atoms with van der Waals surface area (Å²) in [7, 11) is 0. The molecule has 3 rings (SSSR count). The average molecular weight is 266 g/mol. The van der Waals surface area contributed by atoms with E-state index in [9.17, 15) is 5.11 Å². The van der Waals surface area contributed by atoms with Crippen LogP contribution in [0.25, 0.3) is 0 Å². The number of hydrogen-bond donors (Lipinski definition) is 2. The highest BCUT2D eigenvalue weighted by atomic mass is 16.3. The zero-order chi connectivity index (χ0) is 13.2. The lowest BCUT2D eigenvalue weighted by molar-refractivity contribution is 0.109. The fourth-order valence-corrected chi connectivity index (χ4v) is 4.56. The molecule has 3 atom stereocenters. The van der Waals surface area contributed by atoms with Gasteiger partial charge in [0, 0.05) is 31.1 Å². The molecule has 1 heterocycles. The molecule has 3 aliphatic rings. The molecular formula is C16H30N2O. The summed E-state index contributed by atoms with van der Waals surface area (Å²) in [6.07, 6.45) is 8.96. The Hall–Kier alpha value is -0.120. The first kappa shape index (κ1) is 13.8. The summed E-state index contributed by atoms with van der Waals surface area (Å²) in [5.74, 6) is 1.39. The molecule has 3 nitrogen and oxygen atoms in total. The second-order valence-electron chi connectivity index (χ2n) is 6.98. The summed E-state index contributed by atoms with van der Waals surface area (Å²) in [6.45, 7) is 5.85. The second-order valence-corrected chi connectivity index (χ2v) is 6.98. The third-order valence-corrected chi connectivity index (χ3v) is 5.74. The van der Waals surface area contributed by atoms with E-state index in [1.54, 1.807) is 0 Å². The van der Waals surface area contributed by atoms with Crippen LogP contribution < -0.4 is 5.32 Å². The maximum atomic E-state index is 10.0. The van der Waals surface area contributed by atoms with E-state index in [0.29, 0.717) is 5.92 Å². The van der Waals surface area contributed by atoms with Crippen LogP contribution >= 0.6 is 0 Å². The van der Waals surface area contributed by atoms with Gasteiger partial charge in [-0.15, -0.1) is 0 Å². The van der Waals surface area contributed by atoms with Crippen LogP contribution in [0.3, 0.4) is 0 Å². The van der Waals surface area contributed by atoms with Crippen molar-refractivity contribution in [1.82, 2.24) is 10.2 Å². The van der Waals surface area contributed by atoms with Crippen LogP contribution in [-0.2, 0) is 0 Å². The van der Waals surface area contributed by atoms with E-state index in [-0.39, 0.29) is 6.10 Å². The van der Waals surface area contributed by atoms with Gasteiger partial charge < -0.3 is 10.4 Å². The molecule has 0 aromatic carbocycles. The fraction of sp³-hybridized carbons (Fsp3) is 1.00. The molecule has 0 radical (unpaired) electrons. The van der Waals surface area contributed by atoms with Crippen LogP contribution in [0.2, 0.25) is 0 Å². The van der Waals surface area contributed by atoms with Crippen LogP contribution in [0.5, 0.6) is 0 Å². The van der Waals surface area contributed by atoms with Gasteiger partial charge in [0.05, 0.1) is 6.10 Å². The van der Waals surface area contributed by atoms with E-state index >= 15 is 0 Å². The number of hydrogen-bond acceptors (Lipinski definition) is 3. The predicted molar refractivity (Wildman–Crippen MR) is 78.1 cm³/mol. The van der Waals surface area contributed by atoms with E-state index in [2.05, 4.69) is 17.1 Å². The normalized spacial score (nSPS) is 43.6. The molecule has 3 unspecified atom stereocenters. The number of likely N-dealkylation sites (tertiary alicyclic amines) is 1. The molecule has 0 amide bonds. The quantitative estimate of drug-likeness (QED) is 0.817. The van der Waals surface area contributed by atoms with Gasteiger partial charge in [-0.2, -0.15) is 0 Å². The highest BCUT2D eigenvalue weighted by molar-refractivity contribution is 4.96. The summed E-state index contributed by atoms with van der Waals surface area (Å²) in [5.41, 5.74) is 0. The maximum Gasteiger partial charge on any atom is 0.0583 e. The van der Waals surface area contributed by atoms with Gasteiger partial charge in [0.15, 0.2) is 0 Å². The van der Waals surface area contributed by atoms with Gasteiger partial charge in [0.25, 0.3) is 0 Å². The molecule has 0 aromatic heterocycles. The van der Waals surface area contributed by atoms with Crippen molar-refractivity contribution in [3.63, 3.8) is 0 Å². The lowest BCUT2D eigenvalue weighted by Gasteiger charge is -2.35. The lowest BCUT2D eigenvalue weighted by Crippen LogP contribution is -2.42. The molecule has 2 saturated carbocycles. The maximum absolute atomic E-state index is 10.0. The Morgan fingerprint density at radius 1 is 1.05 bits per heavy atom. The molecule has 0 bridgehead atoms. The average Bonchev–Trinajstić information content (AvgIpc) is 3.00. The summed E-state index contributed by atoms with van der Waals surface area (Å²) in [4.78, 5) is 2.70. The number of fused-ring (bicyclic) bond motifs is 1. The molecule has 0 spiro atoms. The zero-order valence-corrected chi connectivity index (χ0v) is 12.4. The number of aliphatic hydroxyl groups excluding tert-OH is 1. The van der Waals surface area contributed by atoms with E-state index in [4.69, 9.17) is 0 Å². The van der Waals surface area contributed by atoms with Crippen molar-refractivity contribution < 1.29 is 5.11 Å². The summed E-state index contributed by atoms with van der Waals surface area (Å²) < 4.78 is 0. The largest absolute Gasteiger partial charge is 0.393 e. The van der Waals surface area contributed by atoms with E-state index in [1.165, 1.54) is 58.2 Å². The lowest BCUT2D eigenvalue weighted by atomic mass is 9.90. The Kier molecular flexibility index (Phi) is 4.45. The molecule has 1 aliphatic heterocycles. The van der Waals surface area contributed by atoms with Crippen molar-refractivity contribution in [2.45, 2.75) is 70.1 Å². The molecule has 0 aromatic rings. The third-order valence-electron chi connectivity index (χ3n) is 5.74. The molecule has 110 valence electrons. The standard InChI is InChI=1S/C16H30N2O/c1-2-9-17-13-4-6-14(7-5-13)18-10-12-3-8-16(19)15(12)11-18/h12-17,19H,2-11H2,1H3. The van der Waals surface area contributed by atoms with Crippen molar-refractivity contribution in [2.75, 3.05) is 19.6 Å². The Balaban J connectivity index is 1.45. The van der Waals surface area contributed by atoms with Gasteiger partial charge in [-0.25, -0.2) is 0 Å². The summed E-state index contributed by atoms with van der Waals surface area (Å²) in [6, 6.07) is 1.57. The molecule has 3 fully saturated rings. The minimum absolute atomic E-state index is 0.00226. The van der Waals surface area contributed by atoms with Crippen molar-refractivity contribution in [3.05, 3.63) is 0 Å². The first-order chi connectivity index (χ1) is 9.28. The van der Waals surface area contributed by atoms with Gasteiger partial charge in [0.2, 0.25) is 0 Å². The van der Waals surface area contributed by atoms with Crippen LogP contribution in [0, 0.1) is 11.8 Å². The first-order valence-corrected chi connectivity index (χ1v) is 8.43. The monoisotopic (exact) mass is 266 g/mol. The fourth-order valence-electron chi connectivity index (χ4n) is 4.56. The van der Waals surface area contributed by atoms with Crippen LogP contribution in [0.4, 0.5) is 0 Å². The van der Waals surface area contributed by atoms with E-state index in [1.807, 2.05) is 0 Å². The van der Waals surface area contributed by atoms with Crippen LogP contribution in [0.1, 0.15) is 51.9 Å². The molecule has 19 heavy (non-hydrogen) atoms. The van der Waals surface area contributed by atoms with Crippen LogP contribution in [-0.4, -0.2) is 47.8 Å². The second kappa shape index (κ2) is 6.11. The predicted octanol–water partition coefficient (Wildman–Crippen LogP) is 2.00. The summed E-state index contributed by atoms with van der Waals surface area (Å²) in [5, 5.41) is 13.7. The highest BCUT2D eigenvalue weighted by Crippen LogP contribution is 2.40. The Morgan fingerprint density at radius 2 is 1.84 bits per heavy atom. The van der Waals surface area contributed by atoms with Crippen LogP contribution in [0.15, 0.2) is 0 Å². The topological polar surface area (TPSA) is 35.5 Å². The van der Waals surface area contributed by atoms with E-state index < -0.39 is 0 Å². The van der Waals surface area contributed by atoms with Gasteiger partial charge in [-0.3, -0.25) is 4.90 Å². The zero-order valence-electron chi connectivity index (χ0n) is 12.4. The Bertz CT molecular complexity index is 288. The SMILES string of the molecule is CCCNC1CCC(N2CC3CCC(O)C3C2)CC1.